The predicted molar refractivity (Wildman–Crippen MR) is 164 cm³/mol. The third-order valence-corrected chi connectivity index (χ3v) is 7.50. The van der Waals surface area contributed by atoms with Crippen molar-refractivity contribution in [2.75, 3.05) is 26.2 Å². The molecule has 4 rings (SSSR count). The number of hydrogen-bond acceptors (Lipinski definition) is 4. The Bertz CT molecular complexity index is 1300. The summed E-state index contributed by atoms with van der Waals surface area (Å²) >= 11 is 0. The van der Waals surface area contributed by atoms with Gasteiger partial charge in [-0.25, -0.2) is 4.79 Å². The lowest BCUT2D eigenvalue weighted by molar-refractivity contribution is -0.124. The number of nitrogens with zero attached hydrogens (tertiary/aromatic N) is 1. The summed E-state index contributed by atoms with van der Waals surface area (Å²) in [6.07, 6.45) is 3.45. The van der Waals surface area contributed by atoms with Crippen LogP contribution < -0.4 is 20.7 Å². The molecule has 1 heterocycles. The van der Waals surface area contributed by atoms with Gasteiger partial charge < -0.3 is 25.6 Å². The molecule has 0 spiro atoms. The first kappa shape index (κ1) is 30.6. The third kappa shape index (κ3) is 9.65. The van der Waals surface area contributed by atoms with Gasteiger partial charge in [-0.15, -0.1) is 0 Å². The number of carbonyl (C=O) groups is 3. The van der Waals surface area contributed by atoms with E-state index in [0.717, 1.165) is 34.4 Å². The SMILES string of the molecule is Cc1cccc(C)c1OCC(=O)NC(CCC(Cc1ccccc1)NC(=O)CN1CCCNC1=O)Cc1ccccc1. The molecule has 0 aliphatic carbocycles. The fraction of sp³-hybridized carbons (Fsp3) is 0.382. The van der Waals surface area contributed by atoms with Crippen LogP contribution in [0, 0.1) is 13.8 Å². The molecule has 2 atom stereocenters. The van der Waals surface area contributed by atoms with Crippen LogP contribution in [0.1, 0.15) is 41.5 Å². The molecule has 4 amide bonds. The van der Waals surface area contributed by atoms with Crippen LogP contribution in [0.15, 0.2) is 78.9 Å². The molecule has 1 aliphatic rings. The summed E-state index contributed by atoms with van der Waals surface area (Å²) in [6, 6.07) is 25.5. The fourth-order valence-electron chi connectivity index (χ4n) is 5.36. The van der Waals surface area contributed by atoms with Crippen LogP contribution >= 0.6 is 0 Å². The summed E-state index contributed by atoms with van der Waals surface area (Å²) in [6.45, 7) is 5.10. The van der Waals surface area contributed by atoms with E-state index in [9.17, 15) is 14.4 Å². The Balaban J connectivity index is 1.41. The molecule has 1 fully saturated rings. The van der Waals surface area contributed by atoms with Crippen molar-refractivity contribution in [3.05, 3.63) is 101 Å². The van der Waals surface area contributed by atoms with Gasteiger partial charge in [-0.05, 0) is 68.2 Å². The van der Waals surface area contributed by atoms with Gasteiger partial charge in [0.1, 0.15) is 12.3 Å². The molecule has 3 aromatic carbocycles. The third-order valence-electron chi connectivity index (χ3n) is 7.50. The van der Waals surface area contributed by atoms with E-state index in [-0.39, 0.29) is 43.1 Å². The average Bonchev–Trinajstić information content (AvgIpc) is 2.98. The molecule has 0 bridgehead atoms. The highest BCUT2D eigenvalue weighted by molar-refractivity contribution is 5.84. The minimum absolute atomic E-state index is 0.0248. The lowest BCUT2D eigenvalue weighted by Gasteiger charge is -2.28. The highest BCUT2D eigenvalue weighted by Gasteiger charge is 2.23. The van der Waals surface area contributed by atoms with E-state index in [2.05, 4.69) is 28.1 Å². The first-order valence-corrected chi connectivity index (χ1v) is 14.8. The minimum Gasteiger partial charge on any atom is -0.483 e. The number of carbonyl (C=O) groups excluding carboxylic acids is 3. The average molecular weight is 571 g/mol. The second-order valence-electron chi connectivity index (χ2n) is 11.0. The van der Waals surface area contributed by atoms with Crippen molar-refractivity contribution in [1.29, 1.82) is 0 Å². The van der Waals surface area contributed by atoms with Crippen molar-refractivity contribution in [2.24, 2.45) is 0 Å². The Morgan fingerprint density at radius 1 is 0.810 bits per heavy atom. The Morgan fingerprint density at radius 2 is 1.36 bits per heavy atom. The lowest BCUT2D eigenvalue weighted by Crippen LogP contribution is -2.51. The molecule has 0 radical (unpaired) electrons. The number of amides is 4. The normalized spacial score (nSPS) is 14.4. The number of urea groups is 1. The molecule has 8 nitrogen and oxygen atoms in total. The summed E-state index contributed by atoms with van der Waals surface area (Å²) in [5.74, 6) is 0.372. The molecule has 3 N–H and O–H groups in total. The molecule has 1 aliphatic heterocycles. The van der Waals surface area contributed by atoms with Gasteiger partial charge in [0.05, 0.1) is 0 Å². The Morgan fingerprint density at radius 3 is 1.90 bits per heavy atom. The molecule has 0 saturated carbocycles. The quantitative estimate of drug-likeness (QED) is 0.269. The summed E-state index contributed by atoms with van der Waals surface area (Å²) in [5.41, 5.74) is 4.22. The van der Waals surface area contributed by atoms with Crippen LogP contribution in [0.2, 0.25) is 0 Å². The molecule has 3 aromatic rings. The highest BCUT2D eigenvalue weighted by atomic mass is 16.5. The van der Waals surface area contributed by atoms with E-state index in [4.69, 9.17) is 4.74 Å². The van der Waals surface area contributed by atoms with Gasteiger partial charge in [0.25, 0.3) is 5.91 Å². The van der Waals surface area contributed by atoms with Gasteiger partial charge in [0.15, 0.2) is 6.61 Å². The van der Waals surface area contributed by atoms with Crippen molar-refractivity contribution in [2.45, 2.75) is 58.0 Å². The molecule has 1 saturated heterocycles. The van der Waals surface area contributed by atoms with E-state index in [1.54, 1.807) is 4.90 Å². The zero-order chi connectivity index (χ0) is 29.7. The van der Waals surface area contributed by atoms with Gasteiger partial charge in [-0.1, -0.05) is 78.9 Å². The van der Waals surface area contributed by atoms with Crippen molar-refractivity contribution in [1.82, 2.24) is 20.9 Å². The number of hydrogen-bond donors (Lipinski definition) is 3. The van der Waals surface area contributed by atoms with Gasteiger partial charge in [-0.2, -0.15) is 0 Å². The first-order valence-electron chi connectivity index (χ1n) is 14.8. The van der Waals surface area contributed by atoms with Gasteiger partial charge in [-0.3, -0.25) is 9.59 Å². The Kier molecular flexibility index (Phi) is 11.4. The zero-order valence-corrected chi connectivity index (χ0v) is 24.6. The minimum atomic E-state index is -0.204. The maximum Gasteiger partial charge on any atom is 0.317 e. The summed E-state index contributed by atoms with van der Waals surface area (Å²) in [4.78, 5) is 39.8. The first-order chi connectivity index (χ1) is 20.4. The second-order valence-corrected chi connectivity index (χ2v) is 11.0. The van der Waals surface area contributed by atoms with E-state index in [1.165, 1.54) is 0 Å². The number of nitrogens with one attached hydrogen (secondary N) is 3. The van der Waals surface area contributed by atoms with Crippen LogP contribution in [0.3, 0.4) is 0 Å². The standard InChI is InChI=1S/C34H42N4O4/c1-25-11-9-12-26(2)33(25)42-24-32(40)37-30(22-28-15-7-4-8-16-28)18-17-29(21-27-13-5-3-6-14-27)36-31(39)23-38-20-10-19-35-34(38)41/h3-9,11-16,29-30H,10,17-24H2,1-2H3,(H,35,41)(H,36,39)(H,37,40). The van der Waals surface area contributed by atoms with Crippen LogP contribution in [0.4, 0.5) is 4.79 Å². The molecule has 2 unspecified atom stereocenters. The van der Waals surface area contributed by atoms with E-state index >= 15 is 0 Å². The second kappa shape index (κ2) is 15.6. The van der Waals surface area contributed by atoms with Gasteiger partial charge in [0, 0.05) is 25.2 Å². The maximum absolute atomic E-state index is 13.1. The number of para-hydroxylation sites is 1. The molecule has 222 valence electrons. The number of ether oxygens (including phenoxy) is 1. The molecular weight excluding hydrogens is 528 g/mol. The summed E-state index contributed by atoms with van der Waals surface area (Å²) in [7, 11) is 0. The van der Waals surface area contributed by atoms with Crippen LogP contribution in [0.5, 0.6) is 5.75 Å². The maximum atomic E-state index is 13.1. The smallest absolute Gasteiger partial charge is 0.317 e. The van der Waals surface area contributed by atoms with E-state index in [0.29, 0.717) is 38.8 Å². The number of benzene rings is 3. The van der Waals surface area contributed by atoms with E-state index < -0.39 is 0 Å². The predicted octanol–water partition coefficient (Wildman–Crippen LogP) is 4.33. The Hall–Kier alpha value is -4.33. The van der Waals surface area contributed by atoms with E-state index in [1.807, 2.05) is 80.6 Å². The Labute approximate surface area is 248 Å². The zero-order valence-electron chi connectivity index (χ0n) is 24.6. The molecular formula is C34H42N4O4. The number of rotatable bonds is 14. The summed E-state index contributed by atoms with van der Waals surface area (Å²) < 4.78 is 5.91. The summed E-state index contributed by atoms with van der Waals surface area (Å²) in [5, 5.41) is 9.14. The molecule has 0 aromatic heterocycles. The van der Waals surface area contributed by atoms with Crippen LogP contribution in [0.25, 0.3) is 0 Å². The van der Waals surface area contributed by atoms with Crippen molar-refractivity contribution in [3.63, 3.8) is 0 Å². The molecule has 42 heavy (non-hydrogen) atoms. The highest BCUT2D eigenvalue weighted by Crippen LogP contribution is 2.22. The van der Waals surface area contributed by atoms with Crippen LogP contribution in [-0.4, -0.2) is 61.1 Å². The van der Waals surface area contributed by atoms with Crippen molar-refractivity contribution in [3.8, 4) is 5.75 Å². The number of aryl methyl sites for hydroxylation is 2. The van der Waals surface area contributed by atoms with Crippen molar-refractivity contribution >= 4 is 17.8 Å². The monoisotopic (exact) mass is 570 g/mol. The van der Waals surface area contributed by atoms with Crippen molar-refractivity contribution < 1.29 is 19.1 Å². The fourth-order valence-corrected chi connectivity index (χ4v) is 5.36. The lowest BCUT2D eigenvalue weighted by atomic mass is 9.96. The van der Waals surface area contributed by atoms with Crippen LogP contribution in [-0.2, 0) is 22.4 Å². The largest absolute Gasteiger partial charge is 0.483 e. The van der Waals surface area contributed by atoms with Gasteiger partial charge >= 0.3 is 6.03 Å². The van der Waals surface area contributed by atoms with Gasteiger partial charge in [0.2, 0.25) is 5.91 Å². The molecule has 8 heteroatoms. The topological polar surface area (TPSA) is 99.8 Å².